The van der Waals surface area contributed by atoms with Crippen molar-refractivity contribution in [3.05, 3.63) is 35.9 Å². The topological polar surface area (TPSA) is 20.2 Å². The largest absolute Gasteiger partial charge is 0.377 e. The van der Waals surface area contributed by atoms with Gasteiger partial charge in [0.2, 0.25) is 0 Å². The van der Waals surface area contributed by atoms with Gasteiger partial charge in [-0.25, -0.2) is 0 Å². The second kappa shape index (κ2) is 6.16. The average Bonchev–Trinajstić information content (AvgIpc) is 2.14. The second-order valence-corrected chi connectivity index (χ2v) is 3.67. The molecule has 0 amide bonds. The van der Waals surface area contributed by atoms with E-state index in [0.29, 0.717) is 0 Å². The third-order valence-electron chi connectivity index (χ3n) is 1.85. The Morgan fingerprint density at radius 2 is 1.83 bits per heavy atom. The second-order valence-electron chi connectivity index (χ2n) is 2.85. The van der Waals surface area contributed by atoms with E-state index in [-0.39, 0.29) is 8.81 Å². The van der Waals surface area contributed by atoms with E-state index >= 15 is 0 Å². The van der Waals surface area contributed by atoms with Crippen LogP contribution in [-0.4, -0.2) is 11.1 Å². The molecule has 66 valence electrons. The molecule has 0 heterocycles. The van der Waals surface area contributed by atoms with Crippen LogP contribution in [0, 0.1) is 0 Å². The first-order chi connectivity index (χ1) is 5.93. The van der Waals surface area contributed by atoms with Gasteiger partial charge in [-0.3, -0.25) is 0 Å². The third-order valence-corrected chi connectivity index (χ3v) is 2.42. The summed E-state index contributed by atoms with van der Waals surface area (Å²) in [6.45, 7) is 0. The molecule has 0 saturated heterocycles. The van der Waals surface area contributed by atoms with Gasteiger partial charge in [-0.1, -0.05) is 30.3 Å². The van der Waals surface area contributed by atoms with Crippen LogP contribution in [0.2, 0.25) is 0 Å². The lowest BCUT2D eigenvalue weighted by atomic mass is 10.1. The summed E-state index contributed by atoms with van der Waals surface area (Å²) in [5.41, 5.74) is 1.40. The van der Waals surface area contributed by atoms with Gasteiger partial charge >= 0.3 is 0 Å². The summed E-state index contributed by atoms with van der Waals surface area (Å²) in [5.74, 6) is 0. The maximum atomic E-state index is 8.59. The van der Waals surface area contributed by atoms with E-state index in [1.54, 1.807) is 0 Å². The van der Waals surface area contributed by atoms with Crippen molar-refractivity contribution < 1.29 is 4.89 Å². The predicted octanol–water partition coefficient (Wildman–Crippen LogP) is 2.60. The maximum Gasteiger partial charge on any atom is 0.0107 e. The molecule has 1 rings (SSSR count). The van der Waals surface area contributed by atoms with E-state index in [9.17, 15) is 0 Å². The lowest BCUT2D eigenvalue weighted by Gasteiger charge is -1.99. The summed E-state index contributed by atoms with van der Waals surface area (Å²) in [5, 5.41) is 0. The van der Waals surface area contributed by atoms with E-state index in [4.69, 9.17) is 4.89 Å². The third kappa shape index (κ3) is 3.85. The van der Waals surface area contributed by atoms with E-state index in [1.807, 2.05) is 6.07 Å². The molecule has 0 aromatic heterocycles. The van der Waals surface area contributed by atoms with E-state index < -0.39 is 0 Å². The molecule has 0 aliphatic rings. The normalized spacial score (nSPS) is 11.1. The molecular weight excluding hydrogens is 167 g/mol. The Kier molecular flexibility index (Phi) is 4.98. The van der Waals surface area contributed by atoms with Crippen LogP contribution < -0.4 is 0 Å². The quantitative estimate of drug-likeness (QED) is 0.548. The smallest absolute Gasteiger partial charge is 0.0107 e. The summed E-state index contributed by atoms with van der Waals surface area (Å²) in [6.07, 6.45) is 4.44. The van der Waals surface area contributed by atoms with Crippen LogP contribution in [0.25, 0.3) is 0 Å². The van der Waals surface area contributed by atoms with Gasteiger partial charge in [0.15, 0.2) is 0 Å². The Balaban J connectivity index is 2.16. The number of aryl methyl sites for hydroxylation is 1. The summed E-state index contributed by atoms with van der Waals surface area (Å²) in [7, 11) is 0.125. The number of benzene rings is 1. The molecule has 12 heavy (non-hydrogen) atoms. The monoisotopic (exact) mass is 182 g/mol. The van der Waals surface area contributed by atoms with Gasteiger partial charge in [0.1, 0.15) is 0 Å². The van der Waals surface area contributed by atoms with Crippen LogP contribution in [0.3, 0.4) is 0 Å². The van der Waals surface area contributed by atoms with E-state index in [1.165, 1.54) is 12.0 Å². The minimum absolute atomic E-state index is 0.125. The molecule has 0 saturated carbocycles. The number of rotatable bonds is 5. The van der Waals surface area contributed by atoms with Gasteiger partial charge < -0.3 is 4.89 Å². The first kappa shape index (κ1) is 9.70. The van der Waals surface area contributed by atoms with Crippen molar-refractivity contribution >= 4 is 8.81 Å². The molecule has 1 aromatic rings. The Morgan fingerprint density at radius 3 is 2.50 bits per heavy atom. The van der Waals surface area contributed by atoms with Gasteiger partial charge in [0, 0.05) is 8.81 Å². The lowest BCUT2D eigenvalue weighted by Crippen LogP contribution is -1.85. The first-order valence-corrected chi connectivity index (χ1v) is 5.50. The number of unbranched alkanes of at least 4 members (excludes halogenated alkanes) is 1. The Morgan fingerprint density at radius 1 is 1.08 bits per heavy atom. The zero-order valence-corrected chi connectivity index (χ0v) is 8.16. The molecule has 0 radical (unpaired) electrons. The van der Waals surface area contributed by atoms with Crippen LogP contribution in [-0.2, 0) is 6.42 Å². The van der Waals surface area contributed by atoms with Gasteiger partial charge in [-0.2, -0.15) is 0 Å². The zero-order chi connectivity index (χ0) is 8.65. The van der Waals surface area contributed by atoms with Gasteiger partial charge in [0.25, 0.3) is 0 Å². The molecule has 1 atom stereocenters. The Bertz CT molecular complexity index is 198. The zero-order valence-electron chi connectivity index (χ0n) is 7.16. The number of hydrogen-bond acceptors (Lipinski definition) is 1. The van der Waals surface area contributed by atoms with Gasteiger partial charge in [-0.05, 0) is 31.0 Å². The number of hydrogen-bond donors (Lipinski definition) is 1. The van der Waals surface area contributed by atoms with Crippen LogP contribution in [0.4, 0.5) is 0 Å². The molecule has 1 aromatic carbocycles. The minimum Gasteiger partial charge on any atom is -0.377 e. The first-order valence-electron chi connectivity index (χ1n) is 4.34. The van der Waals surface area contributed by atoms with Crippen LogP contribution in [0.5, 0.6) is 0 Å². The SMILES string of the molecule is OPCCCCc1ccccc1. The van der Waals surface area contributed by atoms with Crippen molar-refractivity contribution in [2.75, 3.05) is 6.16 Å². The fraction of sp³-hybridized carbons (Fsp3) is 0.400. The molecule has 1 N–H and O–H groups in total. The highest BCUT2D eigenvalue weighted by Crippen LogP contribution is 2.09. The summed E-state index contributed by atoms with van der Waals surface area (Å²) in [4.78, 5) is 8.59. The maximum absolute atomic E-state index is 8.59. The molecule has 0 bridgehead atoms. The lowest BCUT2D eigenvalue weighted by molar-refractivity contribution is 0.638. The van der Waals surface area contributed by atoms with Crippen LogP contribution >= 0.6 is 8.81 Å². The summed E-state index contributed by atoms with van der Waals surface area (Å²) in [6, 6.07) is 10.5. The highest BCUT2D eigenvalue weighted by Gasteiger charge is 1.91. The van der Waals surface area contributed by atoms with Crippen molar-refractivity contribution in [1.29, 1.82) is 0 Å². The van der Waals surface area contributed by atoms with Crippen molar-refractivity contribution in [2.45, 2.75) is 19.3 Å². The fourth-order valence-electron chi connectivity index (χ4n) is 1.18. The Labute approximate surface area is 75.7 Å². The van der Waals surface area contributed by atoms with Crippen LogP contribution in [0.15, 0.2) is 30.3 Å². The van der Waals surface area contributed by atoms with E-state index in [2.05, 4.69) is 24.3 Å². The molecule has 0 spiro atoms. The minimum atomic E-state index is 0.125. The molecule has 1 unspecified atom stereocenters. The molecule has 1 nitrogen and oxygen atoms in total. The summed E-state index contributed by atoms with van der Waals surface area (Å²) < 4.78 is 0. The average molecular weight is 182 g/mol. The fourth-order valence-corrected chi connectivity index (χ4v) is 1.59. The molecule has 0 aliphatic heterocycles. The summed E-state index contributed by atoms with van der Waals surface area (Å²) >= 11 is 0. The molecule has 2 heteroatoms. The standard InChI is InChI=1S/C10H15OP/c11-12-9-5-4-8-10-6-2-1-3-7-10/h1-3,6-7,11-12H,4-5,8-9H2. The predicted molar refractivity (Wildman–Crippen MR) is 54.8 cm³/mol. The Hall–Kier alpha value is -0.390. The molecular formula is C10H15OP. The highest BCUT2D eigenvalue weighted by molar-refractivity contribution is 7.31. The van der Waals surface area contributed by atoms with Crippen molar-refractivity contribution in [3.63, 3.8) is 0 Å². The van der Waals surface area contributed by atoms with Crippen LogP contribution in [0.1, 0.15) is 18.4 Å². The van der Waals surface area contributed by atoms with Crippen molar-refractivity contribution in [3.8, 4) is 0 Å². The van der Waals surface area contributed by atoms with E-state index in [0.717, 1.165) is 19.0 Å². The van der Waals surface area contributed by atoms with Crippen molar-refractivity contribution in [2.24, 2.45) is 0 Å². The van der Waals surface area contributed by atoms with Gasteiger partial charge in [0.05, 0.1) is 0 Å². The van der Waals surface area contributed by atoms with Crippen molar-refractivity contribution in [1.82, 2.24) is 0 Å². The highest BCUT2D eigenvalue weighted by atomic mass is 31.1. The molecule has 0 fully saturated rings. The van der Waals surface area contributed by atoms with Gasteiger partial charge in [-0.15, -0.1) is 0 Å². The molecule has 0 aliphatic carbocycles.